The van der Waals surface area contributed by atoms with Crippen molar-refractivity contribution in [1.29, 1.82) is 0 Å². The Bertz CT molecular complexity index is 1170. The van der Waals surface area contributed by atoms with Gasteiger partial charge in [0.2, 0.25) is 5.91 Å². The lowest BCUT2D eigenvalue weighted by molar-refractivity contribution is -0.117. The summed E-state index contributed by atoms with van der Waals surface area (Å²) >= 11 is 0. The molecule has 0 radical (unpaired) electrons. The quantitative estimate of drug-likeness (QED) is 0.591. The largest absolute Gasteiger partial charge is 0.458 e. The van der Waals surface area contributed by atoms with E-state index in [1.165, 1.54) is 0 Å². The van der Waals surface area contributed by atoms with Crippen LogP contribution in [0.25, 0.3) is 17.4 Å². The van der Waals surface area contributed by atoms with E-state index < -0.39 is 0 Å². The van der Waals surface area contributed by atoms with Gasteiger partial charge in [-0.2, -0.15) is 5.10 Å². The summed E-state index contributed by atoms with van der Waals surface area (Å²) in [6, 6.07) is 7.91. The Morgan fingerprint density at radius 3 is 2.65 bits per heavy atom. The highest BCUT2D eigenvalue weighted by Gasteiger charge is 2.29. The van der Waals surface area contributed by atoms with Crippen LogP contribution in [0.1, 0.15) is 23.6 Å². The van der Waals surface area contributed by atoms with Gasteiger partial charge in [-0.05, 0) is 45.4 Å². The van der Waals surface area contributed by atoms with Crippen molar-refractivity contribution in [2.24, 2.45) is 0 Å². The van der Waals surface area contributed by atoms with E-state index in [-0.39, 0.29) is 5.91 Å². The summed E-state index contributed by atoms with van der Waals surface area (Å²) in [7, 11) is 0. The van der Waals surface area contributed by atoms with Gasteiger partial charge in [0.25, 0.3) is 0 Å². The van der Waals surface area contributed by atoms with Gasteiger partial charge in [-0.3, -0.25) is 14.6 Å². The van der Waals surface area contributed by atoms with Crippen LogP contribution in [0.4, 0.5) is 5.82 Å². The van der Waals surface area contributed by atoms with Crippen molar-refractivity contribution < 1.29 is 13.9 Å². The van der Waals surface area contributed by atoms with Gasteiger partial charge in [-0.15, -0.1) is 0 Å². The zero-order valence-electron chi connectivity index (χ0n) is 20.0. The van der Waals surface area contributed by atoms with Gasteiger partial charge >= 0.3 is 0 Å². The molecule has 0 aliphatic carbocycles. The summed E-state index contributed by atoms with van der Waals surface area (Å²) in [5.74, 6) is 2.63. The Morgan fingerprint density at radius 1 is 1.12 bits per heavy atom. The molecule has 0 saturated carbocycles. The van der Waals surface area contributed by atoms with Crippen LogP contribution in [0.3, 0.4) is 0 Å². The minimum atomic E-state index is -0.0952. The van der Waals surface area contributed by atoms with E-state index >= 15 is 0 Å². The second-order valence-electron chi connectivity index (χ2n) is 9.06. The van der Waals surface area contributed by atoms with Crippen LogP contribution in [0, 0.1) is 20.8 Å². The van der Waals surface area contributed by atoms with Crippen LogP contribution in [0.5, 0.6) is 0 Å². The molecule has 5 rings (SSSR count). The van der Waals surface area contributed by atoms with Gasteiger partial charge in [-0.1, -0.05) is 0 Å². The topological polar surface area (TPSA) is 102 Å². The molecular weight excluding hydrogens is 434 g/mol. The number of carbonyl (C=O) groups is 1. The van der Waals surface area contributed by atoms with Crippen molar-refractivity contribution in [2.75, 3.05) is 51.3 Å². The molecule has 2 aliphatic heterocycles. The van der Waals surface area contributed by atoms with Crippen molar-refractivity contribution in [3.63, 3.8) is 0 Å². The highest BCUT2D eigenvalue weighted by Crippen LogP contribution is 2.23. The third-order valence-corrected chi connectivity index (χ3v) is 6.34. The molecule has 180 valence electrons. The average Bonchev–Trinajstić information content (AvgIpc) is 3.54. The standard InChI is InChI=1S/C24H31N7O3/c1-16-12-17(2)31(28-16)22-13-21(26-24(27-22)20-5-4-18(3)34-20)25-23(32)15-29-7-6-19(14-29)30-8-10-33-11-9-30/h4-5,12-13,19H,6-11,14-15H2,1-3H3,(H,25,26,27,32)/t19-/m0/s1. The molecule has 10 heteroatoms. The molecule has 5 heterocycles. The van der Waals surface area contributed by atoms with Gasteiger partial charge < -0.3 is 14.5 Å². The predicted molar refractivity (Wildman–Crippen MR) is 127 cm³/mol. The highest BCUT2D eigenvalue weighted by atomic mass is 16.5. The number of rotatable bonds is 6. The number of hydrogen-bond donors (Lipinski definition) is 1. The van der Waals surface area contributed by atoms with Crippen molar-refractivity contribution in [3.8, 4) is 17.4 Å². The van der Waals surface area contributed by atoms with E-state index in [1.807, 2.05) is 39.0 Å². The SMILES string of the molecule is Cc1cc(C)n(-c2cc(NC(=O)CN3CC[C@H](N4CCOCC4)C3)nc(-c3ccc(C)o3)n2)n1. The number of carbonyl (C=O) groups excluding carboxylic acids is 1. The number of aryl methyl sites for hydroxylation is 3. The zero-order chi connectivity index (χ0) is 23.7. The number of aromatic nitrogens is 4. The predicted octanol–water partition coefficient (Wildman–Crippen LogP) is 2.19. The Balaban J connectivity index is 1.32. The van der Waals surface area contributed by atoms with Crippen LogP contribution in [0.2, 0.25) is 0 Å². The Morgan fingerprint density at radius 2 is 1.94 bits per heavy atom. The van der Waals surface area contributed by atoms with E-state index in [1.54, 1.807) is 10.7 Å². The normalized spacial score (nSPS) is 19.6. The Hall–Kier alpha value is -3.08. The first-order chi connectivity index (χ1) is 16.4. The van der Waals surface area contributed by atoms with Crippen LogP contribution >= 0.6 is 0 Å². The fourth-order valence-corrected chi connectivity index (χ4v) is 4.71. The average molecular weight is 466 g/mol. The maximum atomic E-state index is 12.9. The number of amides is 1. The van der Waals surface area contributed by atoms with Crippen molar-refractivity contribution in [1.82, 2.24) is 29.5 Å². The van der Waals surface area contributed by atoms with Gasteiger partial charge in [0, 0.05) is 44.0 Å². The lowest BCUT2D eigenvalue weighted by Crippen LogP contribution is -2.45. The van der Waals surface area contributed by atoms with E-state index in [2.05, 4.69) is 30.2 Å². The monoisotopic (exact) mass is 465 g/mol. The maximum Gasteiger partial charge on any atom is 0.239 e. The molecular formula is C24H31N7O3. The number of furan rings is 1. The minimum absolute atomic E-state index is 0.0952. The van der Waals surface area contributed by atoms with E-state index in [9.17, 15) is 4.79 Å². The second kappa shape index (κ2) is 9.65. The third-order valence-electron chi connectivity index (χ3n) is 6.34. The molecule has 0 unspecified atom stereocenters. The summed E-state index contributed by atoms with van der Waals surface area (Å²) in [5.41, 5.74) is 1.84. The van der Waals surface area contributed by atoms with Crippen molar-refractivity contribution in [2.45, 2.75) is 33.2 Å². The third kappa shape index (κ3) is 5.03. The molecule has 0 bridgehead atoms. The fraction of sp³-hybridized carbons (Fsp3) is 0.500. The number of nitrogens with zero attached hydrogens (tertiary/aromatic N) is 6. The Kier molecular flexibility index (Phi) is 6.44. The van der Waals surface area contributed by atoms with Crippen LogP contribution in [-0.4, -0.2) is 87.4 Å². The summed E-state index contributed by atoms with van der Waals surface area (Å²) in [5, 5.41) is 7.51. The molecule has 34 heavy (non-hydrogen) atoms. The number of morpholine rings is 1. The summed E-state index contributed by atoms with van der Waals surface area (Å²) in [4.78, 5) is 26.8. The first-order valence-electron chi connectivity index (χ1n) is 11.8. The molecule has 2 fully saturated rings. The number of ether oxygens (including phenoxy) is 1. The number of likely N-dealkylation sites (tertiary alicyclic amines) is 1. The zero-order valence-corrected chi connectivity index (χ0v) is 20.0. The smallest absolute Gasteiger partial charge is 0.239 e. The lowest BCUT2D eigenvalue weighted by Gasteiger charge is -2.32. The first-order valence-corrected chi connectivity index (χ1v) is 11.8. The fourth-order valence-electron chi connectivity index (χ4n) is 4.71. The second-order valence-corrected chi connectivity index (χ2v) is 9.06. The minimum Gasteiger partial charge on any atom is -0.458 e. The molecule has 3 aromatic rings. The van der Waals surface area contributed by atoms with Crippen molar-refractivity contribution >= 4 is 11.7 Å². The van der Waals surface area contributed by atoms with Crippen LogP contribution < -0.4 is 5.32 Å². The van der Waals surface area contributed by atoms with Gasteiger partial charge in [0.05, 0.1) is 25.5 Å². The number of hydrogen-bond acceptors (Lipinski definition) is 8. The molecule has 1 atom stereocenters. The van der Waals surface area contributed by atoms with Crippen LogP contribution in [0.15, 0.2) is 28.7 Å². The van der Waals surface area contributed by atoms with Gasteiger partial charge in [0.1, 0.15) is 11.6 Å². The molecule has 3 aromatic heterocycles. The highest BCUT2D eigenvalue weighted by molar-refractivity contribution is 5.91. The van der Waals surface area contributed by atoms with E-state index in [0.29, 0.717) is 35.8 Å². The molecule has 2 aliphatic rings. The lowest BCUT2D eigenvalue weighted by atomic mass is 10.2. The summed E-state index contributed by atoms with van der Waals surface area (Å²) < 4.78 is 13.0. The molecule has 2 saturated heterocycles. The molecule has 0 spiro atoms. The summed E-state index contributed by atoms with van der Waals surface area (Å²) in [6.07, 6.45) is 1.07. The van der Waals surface area contributed by atoms with E-state index in [0.717, 1.165) is 63.0 Å². The molecule has 1 amide bonds. The first kappa shape index (κ1) is 22.7. The number of anilines is 1. The Labute approximate surface area is 198 Å². The molecule has 10 nitrogen and oxygen atoms in total. The number of nitrogens with one attached hydrogen (secondary N) is 1. The molecule has 1 N–H and O–H groups in total. The maximum absolute atomic E-state index is 12.9. The van der Waals surface area contributed by atoms with Gasteiger partial charge in [-0.25, -0.2) is 14.6 Å². The molecule has 0 aromatic carbocycles. The summed E-state index contributed by atoms with van der Waals surface area (Å²) in [6.45, 7) is 11.4. The van der Waals surface area contributed by atoms with Crippen molar-refractivity contribution in [3.05, 3.63) is 41.4 Å². The van der Waals surface area contributed by atoms with Crippen LogP contribution in [-0.2, 0) is 9.53 Å². The van der Waals surface area contributed by atoms with Gasteiger partial charge in [0.15, 0.2) is 17.4 Å². The van der Waals surface area contributed by atoms with E-state index in [4.69, 9.17) is 9.15 Å².